The molecule has 1 aromatic rings. The van der Waals surface area contributed by atoms with Crippen molar-refractivity contribution in [2.24, 2.45) is 17.6 Å². The lowest BCUT2D eigenvalue weighted by molar-refractivity contribution is -0.165. The average molecular weight is 497 g/mol. The Morgan fingerprint density at radius 2 is 1.53 bits per heavy atom. The minimum absolute atomic E-state index is 0.0466. The molecular weight excluding hydrogens is 467 g/mol. The molecule has 3 rings (SSSR count). The Bertz CT molecular complexity index is 1100. The topological polar surface area (TPSA) is 74.0 Å². The molecule has 2 heterocycles. The third kappa shape index (κ3) is 4.22. The molecule has 2 aliphatic rings. The number of hydrogen-bond donors (Lipinski definition) is 1. The van der Waals surface area contributed by atoms with E-state index in [4.69, 9.17) is 82.7 Å². The molecule has 2 aliphatic heterocycles. The number of ether oxygens (including phenoxy) is 3. The molecule has 4 atom stereocenters. The van der Waals surface area contributed by atoms with Crippen molar-refractivity contribution in [3.8, 4) is 11.5 Å². The number of carbonyl (C=O) groups excluding carboxylic acids is 1. The van der Waals surface area contributed by atoms with E-state index < -0.39 is 39.4 Å². The molecule has 0 saturated carbocycles. The highest BCUT2D eigenvalue weighted by molar-refractivity contribution is 6.52. The summed E-state index contributed by atoms with van der Waals surface area (Å²) in [6, 6.07) is -0.991. The number of methoxy groups -OCH3 is 2. The van der Waals surface area contributed by atoms with Crippen molar-refractivity contribution >= 4 is 79.7 Å². The van der Waals surface area contributed by atoms with Crippen LogP contribution < -0.4 is 26.1 Å². The number of fused-ring (bicyclic) bond motifs is 3. The van der Waals surface area contributed by atoms with E-state index in [0.29, 0.717) is 12.0 Å². The van der Waals surface area contributed by atoms with Crippen LogP contribution >= 0.6 is 0 Å². The SMILES string of the molecule is [B]c1c2c(c([B])c(OC)c1OC)C1([B])N(CC2)C([B])([B])C([B])(CC(C)C)C(OC(=O)[C@@H](N)C(C)C)C1([B])[B]. The lowest BCUT2D eigenvalue weighted by Gasteiger charge is -2.75. The summed E-state index contributed by atoms with van der Waals surface area (Å²) in [6.07, 6.45) is -0.989. The Morgan fingerprint density at radius 3 is 2.00 bits per heavy atom. The van der Waals surface area contributed by atoms with Crippen molar-refractivity contribution < 1.29 is 19.0 Å². The van der Waals surface area contributed by atoms with Crippen LogP contribution in [-0.4, -0.2) is 112 Å². The molecule has 0 amide bonds. The number of piperidine rings is 1. The van der Waals surface area contributed by atoms with Gasteiger partial charge in [0.2, 0.25) is 0 Å². The molecule has 38 heavy (non-hydrogen) atoms. The van der Waals surface area contributed by atoms with Crippen molar-refractivity contribution in [3.63, 3.8) is 0 Å². The molecule has 6 nitrogen and oxygen atoms in total. The molecule has 184 valence electrons. The van der Waals surface area contributed by atoms with Crippen molar-refractivity contribution in [1.82, 2.24) is 4.90 Å². The normalized spacial score (nSPS) is 28.8. The summed E-state index contributed by atoms with van der Waals surface area (Å²) in [6.45, 7) is 7.55. The number of carbonyl (C=O) groups is 1. The summed E-state index contributed by atoms with van der Waals surface area (Å²) in [5.41, 5.74) is 5.29. The third-order valence-corrected chi connectivity index (χ3v) is 8.12. The van der Waals surface area contributed by atoms with Crippen LogP contribution in [0.1, 0.15) is 45.2 Å². The first-order valence-electron chi connectivity index (χ1n) is 12.6. The van der Waals surface area contributed by atoms with Gasteiger partial charge in [-0.05, 0) is 57.5 Å². The third-order valence-electron chi connectivity index (χ3n) is 8.12. The molecule has 0 bridgehead atoms. The van der Waals surface area contributed by atoms with Crippen LogP contribution in [0.15, 0.2) is 0 Å². The van der Waals surface area contributed by atoms with Gasteiger partial charge in [-0.15, -0.1) is 0 Å². The van der Waals surface area contributed by atoms with Crippen LogP contribution in [0.25, 0.3) is 0 Å². The maximum absolute atomic E-state index is 13.2. The fourth-order valence-electron chi connectivity index (χ4n) is 6.06. The second-order valence-corrected chi connectivity index (χ2v) is 11.4. The van der Waals surface area contributed by atoms with E-state index in [9.17, 15) is 4.79 Å². The number of hydrogen-bond acceptors (Lipinski definition) is 6. The van der Waals surface area contributed by atoms with E-state index in [1.807, 2.05) is 13.8 Å². The van der Waals surface area contributed by atoms with Crippen molar-refractivity contribution in [2.45, 2.75) is 74.0 Å². The first-order chi connectivity index (χ1) is 17.4. The molecule has 0 aromatic heterocycles. The van der Waals surface area contributed by atoms with Crippen LogP contribution in [0.4, 0.5) is 0 Å². The Labute approximate surface area is 238 Å². The highest BCUT2D eigenvalue weighted by Crippen LogP contribution is 2.66. The van der Waals surface area contributed by atoms with Gasteiger partial charge >= 0.3 is 5.97 Å². The van der Waals surface area contributed by atoms with Crippen LogP contribution in [0, 0.1) is 11.8 Å². The zero-order chi connectivity index (χ0) is 29.2. The zero-order valence-electron chi connectivity index (χ0n) is 23.2. The number of esters is 1. The fourth-order valence-corrected chi connectivity index (χ4v) is 6.06. The van der Waals surface area contributed by atoms with E-state index >= 15 is 0 Å². The first kappa shape index (κ1) is 31.3. The van der Waals surface area contributed by atoms with Crippen LogP contribution in [0.3, 0.4) is 0 Å². The maximum Gasteiger partial charge on any atom is 0.323 e. The van der Waals surface area contributed by atoms with E-state index in [1.165, 1.54) is 19.1 Å². The first-order valence-corrected chi connectivity index (χ1v) is 12.6. The maximum atomic E-state index is 13.2. The predicted octanol–water partition coefficient (Wildman–Crippen LogP) is -1.80. The molecule has 2 N–H and O–H groups in total. The van der Waals surface area contributed by atoms with E-state index in [1.54, 1.807) is 13.8 Å². The highest BCUT2D eigenvalue weighted by atomic mass is 16.5. The molecule has 0 aliphatic carbocycles. The predicted molar refractivity (Wildman–Crippen MR) is 157 cm³/mol. The minimum Gasteiger partial charge on any atom is -0.494 e. The Hall–Kier alpha value is -1.27. The summed E-state index contributed by atoms with van der Waals surface area (Å²) >= 11 is 0. The molecule has 14 heteroatoms. The van der Waals surface area contributed by atoms with Crippen molar-refractivity contribution in [3.05, 3.63) is 11.1 Å². The highest BCUT2D eigenvalue weighted by Gasteiger charge is 2.68. The van der Waals surface area contributed by atoms with E-state index in [0.717, 1.165) is 0 Å². The summed E-state index contributed by atoms with van der Waals surface area (Å²) in [7, 11) is 57.8. The van der Waals surface area contributed by atoms with Crippen molar-refractivity contribution in [1.29, 1.82) is 0 Å². The van der Waals surface area contributed by atoms with Crippen molar-refractivity contribution in [2.75, 3.05) is 20.8 Å². The second kappa shape index (κ2) is 10.3. The summed E-state index contributed by atoms with van der Waals surface area (Å²) in [5.74, 6) is -0.697. The lowest BCUT2D eigenvalue weighted by Crippen LogP contribution is -2.80. The molecule has 1 fully saturated rings. The number of benzene rings is 1. The van der Waals surface area contributed by atoms with Gasteiger partial charge in [0.05, 0.1) is 59.6 Å². The zero-order valence-corrected chi connectivity index (χ0v) is 23.2. The Kier molecular flexibility index (Phi) is 8.46. The Balaban J connectivity index is 2.39. The monoisotopic (exact) mass is 498 g/mol. The number of nitrogens with two attached hydrogens (primary N) is 1. The molecular formula is C24H30B8N2O4. The van der Waals surface area contributed by atoms with E-state index in [-0.39, 0.29) is 52.8 Å². The van der Waals surface area contributed by atoms with Crippen LogP contribution in [0.2, 0.25) is 10.5 Å². The minimum atomic E-state index is -2.10. The average Bonchev–Trinajstić information content (AvgIpc) is 2.81. The quantitative estimate of drug-likeness (QED) is 0.355. The van der Waals surface area contributed by atoms with Gasteiger partial charge in [-0.1, -0.05) is 38.2 Å². The van der Waals surface area contributed by atoms with Gasteiger partial charge in [0.15, 0.2) is 11.5 Å². The Morgan fingerprint density at radius 1 is 1.00 bits per heavy atom. The van der Waals surface area contributed by atoms with Crippen LogP contribution in [0.5, 0.6) is 11.5 Å². The molecule has 16 radical (unpaired) electrons. The largest absolute Gasteiger partial charge is 0.494 e. The van der Waals surface area contributed by atoms with Gasteiger partial charge < -0.3 is 24.8 Å². The molecule has 1 saturated heterocycles. The van der Waals surface area contributed by atoms with Gasteiger partial charge in [0.25, 0.3) is 0 Å². The van der Waals surface area contributed by atoms with Gasteiger partial charge in [0, 0.05) is 6.54 Å². The fraction of sp³-hybridized carbons (Fsp3) is 0.708. The molecule has 3 unspecified atom stereocenters. The standard InChI is InChI=1S/C24H30B8N2O4/c1-10(2)9-21(27)20(38-19(35)16(33)11(3)4)22(28,29)23(30)13-12(7-8-34(23)24(21,31)32)14(25)17(36-5)18(37-6)15(13)26/h10-11,16,20H,7-9,33H2,1-6H3/t16-,20?,21?,23?/m0/s1. The van der Waals surface area contributed by atoms with E-state index in [2.05, 4.69) is 0 Å². The van der Waals surface area contributed by atoms with Gasteiger partial charge in [0.1, 0.15) is 29.6 Å². The van der Waals surface area contributed by atoms with Gasteiger partial charge in [-0.2, -0.15) is 0 Å². The molecule has 1 aromatic carbocycles. The summed E-state index contributed by atoms with van der Waals surface area (Å²) < 4.78 is 17.0. The summed E-state index contributed by atoms with van der Waals surface area (Å²) in [4.78, 5) is 14.7. The number of rotatable bonds is 7. The number of nitrogens with zero attached hydrogens (tertiary/aromatic N) is 1. The molecule has 0 spiro atoms. The second-order valence-electron chi connectivity index (χ2n) is 11.4. The van der Waals surface area contributed by atoms with Crippen LogP contribution in [-0.2, 0) is 21.4 Å². The van der Waals surface area contributed by atoms with Gasteiger partial charge in [-0.25, -0.2) is 0 Å². The lowest BCUT2D eigenvalue weighted by atomic mass is 9.22. The summed E-state index contributed by atoms with van der Waals surface area (Å²) in [5, 5.41) is -5.64. The van der Waals surface area contributed by atoms with Gasteiger partial charge in [-0.3, -0.25) is 4.79 Å². The smallest absolute Gasteiger partial charge is 0.323 e.